The summed E-state index contributed by atoms with van der Waals surface area (Å²) < 4.78 is 7.22. The standard InChI is InChI=1S/C14H15N5OS/c1-3-12-16-13(20-18-12)10(2)21-14-17-15-9-19(14)11-7-5-4-6-8-11/h4-10H,3H2,1-2H3. The Hall–Kier alpha value is -2.15. The molecule has 1 aromatic carbocycles. The molecule has 0 amide bonds. The summed E-state index contributed by atoms with van der Waals surface area (Å²) >= 11 is 1.54. The van der Waals surface area contributed by atoms with Gasteiger partial charge in [-0.1, -0.05) is 42.0 Å². The molecule has 0 spiro atoms. The van der Waals surface area contributed by atoms with Crippen LogP contribution >= 0.6 is 11.8 Å². The summed E-state index contributed by atoms with van der Waals surface area (Å²) in [5.41, 5.74) is 1.02. The maximum absolute atomic E-state index is 5.27. The van der Waals surface area contributed by atoms with Crippen LogP contribution in [0.15, 0.2) is 46.3 Å². The predicted octanol–water partition coefficient (Wildman–Crippen LogP) is 3.07. The van der Waals surface area contributed by atoms with Crippen LogP contribution < -0.4 is 0 Å². The molecule has 0 bridgehead atoms. The Bertz CT molecular complexity index is 709. The summed E-state index contributed by atoms with van der Waals surface area (Å²) in [4.78, 5) is 4.36. The second kappa shape index (κ2) is 6.09. The molecule has 0 fully saturated rings. The predicted molar refractivity (Wildman–Crippen MR) is 79.3 cm³/mol. The average molecular weight is 301 g/mol. The third-order valence-corrected chi connectivity index (χ3v) is 4.03. The molecular formula is C14H15N5OS. The van der Waals surface area contributed by atoms with Crippen molar-refractivity contribution >= 4 is 11.8 Å². The van der Waals surface area contributed by atoms with Gasteiger partial charge < -0.3 is 4.52 Å². The van der Waals surface area contributed by atoms with Gasteiger partial charge >= 0.3 is 0 Å². The molecule has 3 rings (SSSR count). The Kier molecular flexibility index (Phi) is 4.01. The first-order valence-electron chi connectivity index (χ1n) is 6.72. The molecule has 6 nitrogen and oxygen atoms in total. The SMILES string of the molecule is CCc1noc(C(C)Sc2nncn2-c2ccccc2)n1. The van der Waals surface area contributed by atoms with Gasteiger partial charge in [0, 0.05) is 12.1 Å². The minimum atomic E-state index is 0.0180. The van der Waals surface area contributed by atoms with Gasteiger partial charge in [-0.15, -0.1) is 10.2 Å². The second-order valence-electron chi connectivity index (χ2n) is 4.48. The highest BCUT2D eigenvalue weighted by Gasteiger charge is 2.18. The fourth-order valence-corrected chi connectivity index (χ4v) is 2.73. The van der Waals surface area contributed by atoms with Gasteiger partial charge in [0.2, 0.25) is 5.89 Å². The fraction of sp³-hybridized carbons (Fsp3) is 0.286. The minimum Gasteiger partial charge on any atom is -0.338 e. The number of aryl methyl sites for hydroxylation is 1. The van der Waals surface area contributed by atoms with Gasteiger partial charge in [0.15, 0.2) is 11.0 Å². The maximum atomic E-state index is 5.27. The Balaban J connectivity index is 1.81. The fourth-order valence-electron chi connectivity index (χ4n) is 1.86. The van der Waals surface area contributed by atoms with E-state index < -0.39 is 0 Å². The molecule has 0 aliphatic rings. The quantitative estimate of drug-likeness (QED) is 0.675. The molecule has 0 saturated heterocycles. The van der Waals surface area contributed by atoms with Gasteiger partial charge in [-0.3, -0.25) is 4.57 Å². The van der Waals surface area contributed by atoms with Crippen LogP contribution in [-0.4, -0.2) is 24.9 Å². The number of nitrogens with zero attached hydrogens (tertiary/aromatic N) is 5. The van der Waals surface area contributed by atoms with Crippen LogP contribution in [0.1, 0.15) is 30.8 Å². The Morgan fingerprint density at radius 1 is 1.29 bits per heavy atom. The number of aromatic nitrogens is 5. The molecule has 2 aromatic heterocycles. The smallest absolute Gasteiger partial charge is 0.239 e. The van der Waals surface area contributed by atoms with Crippen LogP contribution in [0.3, 0.4) is 0 Å². The molecule has 0 aliphatic carbocycles. The normalized spacial score (nSPS) is 12.5. The highest BCUT2D eigenvalue weighted by Crippen LogP contribution is 2.33. The van der Waals surface area contributed by atoms with Crippen molar-refractivity contribution in [1.82, 2.24) is 24.9 Å². The lowest BCUT2D eigenvalue weighted by Gasteiger charge is -2.08. The van der Waals surface area contributed by atoms with Crippen molar-refractivity contribution < 1.29 is 4.52 Å². The molecular weight excluding hydrogens is 286 g/mol. The molecule has 1 atom stereocenters. The van der Waals surface area contributed by atoms with Gasteiger partial charge in [-0.25, -0.2) is 0 Å². The van der Waals surface area contributed by atoms with Crippen molar-refractivity contribution in [2.75, 3.05) is 0 Å². The number of para-hydroxylation sites is 1. The van der Waals surface area contributed by atoms with Gasteiger partial charge in [0.25, 0.3) is 0 Å². The van der Waals surface area contributed by atoms with Gasteiger partial charge in [0.05, 0.1) is 5.25 Å². The van der Waals surface area contributed by atoms with Crippen molar-refractivity contribution in [3.63, 3.8) is 0 Å². The molecule has 7 heteroatoms. The molecule has 1 unspecified atom stereocenters. The van der Waals surface area contributed by atoms with Crippen molar-refractivity contribution in [2.24, 2.45) is 0 Å². The second-order valence-corrected chi connectivity index (χ2v) is 5.79. The molecule has 0 radical (unpaired) electrons. The summed E-state index contributed by atoms with van der Waals surface area (Å²) in [6.07, 6.45) is 2.47. The lowest BCUT2D eigenvalue weighted by Crippen LogP contribution is -1.97. The molecule has 2 heterocycles. The van der Waals surface area contributed by atoms with Crippen LogP contribution in [0.2, 0.25) is 0 Å². The van der Waals surface area contributed by atoms with E-state index in [2.05, 4.69) is 20.3 Å². The van der Waals surface area contributed by atoms with E-state index in [1.807, 2.05) is 48.7 Å². The highest BCUT2D eigenvalue weighted by molar-refractivity contribution is 7.99. The summed E-state index contributed by atoms with van der Waals surface area (Å²) in [6, 6.07) is 9.98. The van der Waals surface area contributed by atoms with E-state index >= 15 is 0 Å². The summed E-state index contributed by atoms with van der Waals surface area (Å²) in [5, 5.41) is 12.9. The zero-order valence-corrected chi connectivity index (χ0v) is 12.6. The maximum Gasteiger partial charge on any atom is 0.239 e. The van der Waals surface area contributed by atoms with Gasteiger partial charge in [0.1, 0.15) is 6.33 Å². The van der Waals surface area contributed by atoms with E-state index in [1.165, 1.54) is 0 Å². The number of rotatable bonds is 5. The third kappa shape index (κ3) is 2.97. The van der Waals surface area contributed by atoms with Crippen molar-refractivity contribution in [3.05, 3.63) is 48.4 Å². The van der Waals surface area contributed by atoms with Crippen LogP contribution in [0.4, 0.5) is 0 Å². The number of hydrogen-bond acceptors (Lipinski definition) is 6. The Morgan fingerprint density at radius 3 is 2.81 bits per heavy atom. The average Bonchev–Trinajstić information content (AvgIpc) is 3.17. The number of thioether (sulfide) groups is 1. The van der Waals surface area contributed by atoms with Crippen LogP contribution in [-0.2, 0) is 6.42 Å². The van der Waals surface area contributed by atoms with Crippen LogP contribution in [0, 0.1) is 0 Å². The van der Waals surface area contributed by atoms with Gasteiger partial charge in [-0.2, -0.15) is 4.98 Å². The van der Waals surface area contributed by atoms with Crippen molar-refractivity contribution in [3.8, 4) is 5.69 Å². The first-order valence-corrected chi connectivity index (χ1v) is 7.60. The third-order valence-electron chi connectivity index (χ3n) is 2.98. The van der Waals surface area contributed by atoms with Crippen molar-refractivity contribution in [2.45, 2.75) is 30.7 Å². The molecule has 0 saturated carbocycles. The first kappa shape index (κ1) is 13.8. The van der Waals surface area contributed by atoms with E-state index in [4.69, 9.17) is 4.52 Å². The van der Waals surface area contributed by atoms with Gasteiger partial charge in [-0.05, 0) is 19.1 Å². The van der Waals surface area contributed by atoms with E-state index in [0.717, 1.165) is 23.1 Å². The number of hydrogen-bond donors (Lipinski definition) is 0. The lowest BCUT2D eigenvalue weighted by molar-refractivity contribution is 0.375. The van der Waals surface area contributed by atoms with Crippen molar-refractivity contribution in [1.29, 1.82) is 0 Å². The zero-order chi connectivity index (χ0) is 14.7. The Labute approximate surface area is 126 Å². The number of benzene rings is 1. The molecule has 3 aromatic rings. The van der Waals surface area contributed by atoms with Crippen LogP contribution in [0.25, 0.3) is 5.69 Å². The van der Waals surface area contributed by atoms with Crippen LogP contribution in [0.5, 0.6) is 0 Å². The van der Waals surface area contributed by atoms with E-state index in [9.17, 15) is 0 Å². The topological polar surface area (TPSA) is 69.6 Å². The highest BCUT2D eigenvalue weighted by atomic mass is 32.2. The monoisotopic (exact) mass is 301 g/mol. The summed E-state index contributed by atoms with van der Waals surface area (Å²) in [6.45, 7) is 4.01. The largest absolute Gasteiger partial charge is 0.338 e. The van der Waals surface area contributed by atoms with E-state index in [0.29, 0.717) is 5.89 Å². The molecule has 21 heavy (non-hydrogen) atoms. The zero-order valence-electron chi connectivity index (χ0n) is 11.8. The minimum absolute atomic E-state index is 0.0180. The summed E-state index contributed by atoms with van der Waals surface area (Å²) in [5.74, 6) is 1.33. The molecule has 0 aliphatic heterocycles. The Morgan fingerprint density at radius 2 is 2.10 bits per heavy atom. The molecule has 108 valence electrons. The first-order chi connectivity index (χ1) is 10.3. The lowest BCUT2D eigenvalue weighted by atomic mass is 10.3. The molecule has 0 N–H and O–H groups in total. The summed E-state index contributed by atoms with van der Waals surface area (Å²) in [7, 11) is 0. The van der Waals surface area contributed by atoms with E-state index in [-0.39, 0.29) is 5.25 Å². The van der Waals surface area contributed by atoms with E-state index in [1.54, 1.807) is 18.1 Å².